The summed E-state index contributed by atoms with van der Waals surface area (Å²) in [5, 5.41) is 12.5. The summed E-state index contributed by atoms with van der Waals surface area (Å²) in [7, 11) is 0. The molecule has 0 saturated carbocycles. The monoisotopic (exact) mass is 415 g/mol. The Balaban J connectivity index is 1.80. The smallest absolute Gasteiger partial charge is 0.278 e. The lowest BCUT2D eigenvalue weighted by atomic mass is 9.97. The lowest BCUT2D eigenvalue weighted by molar-refractivity contribution is 0.0701. The first-order valence-electron chi connectivity index (χ1n) is 10.1. The molecule has 3 aromatic rings. The van der Waals surface area contributed by atoms with Crippen LogP contribution in [0.15, 0.2) is 83.8 Å². The molecule has 5 rings (SSSR count). The van der Waals surface area contributed by atoms with E-state index in [2.05, 4.69) is 0 Å². The fraction of sp³-hybridized carbons (Fsp3) is 0.167. The largest absolute Gasteiger partial charge is 0.502 e. The molecule has 2 aliphatic heterocycles. The van der Waals surface area contributed by atoms with Crippen LogP contribution in [-0.2, 0) is 0 Å². The molecule has 2 bridgehead atoms. The van der Waals surface area contributed by atoms with Crippen molar-refractivity contribution >= 4 is 5.91 Å². The number of aromatic hydroxyl groups is 1. The fourth-order valence-corrected chi connectivity index (χ4v) is 4.13. The first kappa shape index (κ1) is 19.0. The van der Waals surface area contributed by atoms with Gasteiger partial charge in [0.05, 0.1) is 0 Å². The molecule has 0 radical (unpaired) electrons. The number of hydrogen-bond acceptors (Lipinski definition) is 5. The Labute approximate surface area is 179 Å². The normalized spacial score (nSPS) is 19.0. The Hall–Kier alpha value is -4.00. The average Bonchev–Trinajstić information content (AvgIpc) is 2.82. The third-order valence-corrected chi connectivity index (χ3v) is 5.59. The number of aromatic nitrogens is 1. The molecule has 156 valence electrons. The maximum Gasteiger partial charge on any atom is 0.278 e. The van der Waals surface area contributed by atoms with Gasteiger partial charge in [-0.2, -0.15) is 0 Å². The van der Waals surface area contributed by atoms with Crippen LogP contribution < -0.4 is 15.2 Å². The summed E-state index contributed by atoms with van der Waals surface area (Å²) in [6.45, 7) is 0.974. The van der Waals surface area contributed by atoms with Crippen LogP contribution >= 0.6 is 0 Å². The maximum atomic E-state index is 13.2. The van der Waals surface area contributed by atoms with Crippen LogP contribution in [0.3, 0.4) is 0 Å². The van der Waals surface area contributed by atoms with Gasteiger partial charge in [0.25, 0.3) is 5.91 Å². The van der Waals surface area contributed by atoms with E-state index in [1.54, 1.807) is 15.8 Å². The summed E-state index contributed by atoms with van der Waals surface area (Å²) in [5.41, 5.74) is 1.29. The molecule has 1 unspecified atom stereocenters. The lowest BCUT2D eigenvalue weighted by Crippen LogP contribution is -2.55. The van der Waals surface area contributed by atoms with E-state index in [-0.39, 0.29) is 18.4 Å². The summed E-state index contributed by atoms with van der Waals surface area (Å²) in [4.78, 5) is 26.9. The van der Waals surface area contributed by atoms with Crippen molar-refractivity contribution in [3.63, 3.8) is 0 Å². The molecule has 0 saturated heterocycles. The van der Waals surface area contributed by atoms with Crippen molar-refractivity contribution in [1.82, 2.24) is 9.58 Å². The Bertz CT molecular complexity index is 1220. The molecule has 0 spiro atoms. The second-order valence-electron chi connectivity index (χ2n) is 7.46. The quantitative estimate of drug-likeness (QED) is 0.619. The van der Waals surface area contributed by atoms with Gasteiger partial charge >= 0.3 is 0 Å². The summed E-state index contributed by atoms with van der Waals surface area (Å²) >= 11 is 0. The van der Waals surface area contributed by atoms with Gasteiger partial charge in [0.2, 0.25) is 5.43 Å². The molecule has 0 fully saturated rings. The summed E-state index contributed by atoms with van der Waals surface area (Å²) in [6, 6.07) is 18.6. The van der Waals surface area contributed by atoms with Gasteiger partial charge < -0.3 is 14.7 Å². The minimum atomic E-state index is -0.582. The second-order valence-corrected chi connectivity index (χ2v) is 7.46. The van der Waals surface area contributed by atoms with Crippen molar-refractivity contribution in [3.05, 3.63) is 106 Å². The van der Waals surface area contributed by atoms with Gasteiger partial charge in [0.15, 0.2) is 11.4 Å². The lowest BCUT2D eigenvalue weighted by Gasteiger charge is -2.43. The van der Waals surface area contributed by atoms with Gasteiger partial charge in [-0.15, -0.1) is 0 Å². The molecule has 1 atom stereocenters. The molecule has 1 N–H and O–H groups in total. The van der Waals surface area contributed by atoms with E-state index >= 15 is 0 Å². The average molecular weight is 415 g/mol. The standard InChI is InChI=1S/C24H21N3O4/c28-19-12-14-26-22(23(19)29)24(30)25-13-6-7-15-31-20-11-5-4-10-18(20)21(27(26)16-25)17-8-2-1-3-9-17/h1-12,14,21,29H,13,15-16H2/b7-6+. The zero-order chi connectivity index (χ0) is 21.4. The van der Waals surface area contributed by atoms with Crippen LogP contribution in [0.1, 0.15) is 27.7 Å². The SMILES string of the molecule is O=C1c2c(O)c(=O)ccn2N2CN1C/C=C/COc1ccccc1C2c1ccccc1. The van der Waals surface area contributed by atoms with E-state index in [0.717, 1.165) is 16.9 Å². The number of carbonyl (C=O) groups excluding carboxylic acids is 1. The minimum Gasteiger partial charge on any atom is -0.502 e. The van der Waals surface area contributed by atoms with Crippen LogP contribution in [-0.4, -0.2) is 40.4 Å². The highest BCUT2D eigenvalue weighted by molar-refractivity contribution is 5.96. The van der Waals surface area contributed by atoms with E-state index in [9.17, 15) is 14.7 Å². The van der Waals surface area contributed by atoms with Gasteiger partial charge in [-0.05, 0) is 17.7 Å². The zero-order valence-electron chi connectivity index (χ0n) is 16.7. The molecule has 7 nitrogen and oxygen atoms in total. The molecule has 7 heteroatoms. The summed E-state index contributed by atoms with van der Waals surface area (Å²) in [5.74, 6) is -0.202. The summed E-state index contributed by atoms with van der Waals surface area (Å²) in [6.07, 6.45) is 5.26. The Morgan fingerprint density at radius 3 is 2.55 bits per heavy atom. The number of amides is 1. The highest BCUT2D eigenvalue weighted by Gasteiger charge is 2.37. The number of fused-ring (bicyclic) bond motifs is 5. The molecular weight excluding hydrogens is 394 g/mol. The van der Waals surface area contributed by atoms with Crippen molar-refractivity contribution in [2.75, 3.05) is 24.8 Å². The number of carbonyl (C=O) groups is 1. The van der Waals surface area contributed by atoms with E-state index in [1.165, 1.54) is 6.07 Å². The van der Waals surface area contributed by atoms with Crippen LogP contribution in [0.2, 0.25) is 0 Å². The van der Waals surface area contributed by atoms with Crippen LogP contribution in [0.25, 0.3) is 0 Å². The molecular formula is C24H21N3O4. The van der Waals surface area contributed by atoms with Gasteiger partial charge in [0.1, 0.15) is 25.1 Å². The second kappa shape index (κ2) is 7.68. The minimum absolute atomic E-state index is 0.0364. The molecule has 31 heavy (non-hydrogen) atoms. The van der Waals surface area contributed by atoms with Crippen molar-refractivity contribution in [3.8, 4) is 11.5 Å². The van der Waals surface area contributed by atoms with E-state index < -0.39 is 17.1 Å². The molecule has 3 heterocycles. The number of pyridine rings is 1. The molecule has 1 aromatic heterocycles. The number of nitrogens with zero attached hydrogens (tertiary/aromatic N) is 3. The van der Waals surface area contributed by atoms with Crippen LogP contribution in [0.4, 0.5) is 0 Å². The highest BCUT2D eigenvalue weighted by atomic mass is 16.5. The number of hydrogen-bond donors (Lipinski definition) is 1. The Morgan fingerprint density at radius 2 is 1.71 bits per heavy atom. The van der Waals surface area contributed by atoms with E-state index in [4.69, 9.17) is 4.74 Å². The maximum absolute atomic E-state index is 13.2. The highest BCUT2D eigenvalue weighted by Crippen LogP contribution is 2.36. The van der Waals surface area contributed by atoms with Gasteiger partial charge in [-0.3, -0.25) is 19.3 Å². The first-order chi connectivity index (χ1) is 15.1. The molecule has 2 aliphatic rings. The summed E-state index contributed by atoms with van der Waals surface area (Å²) < 4.78 is 7.64. The third-order valence-electron chi connectivity index (χ3n) is 5.59. The molecule has 1 amide bonds. The van der Waals surface area contributed by atoms with Crippen LogP contribution in [0, 0.1) is 0 Å². The number of para-hydroxylation sites is 1. The molecule has 2 aromatic carbocycles. The number of benzene rings is 2. The number of rotatable bonds is 1. The predicted octanol–water partition coefficient (Wildman–Crippen LogP) is 2.64. The number of ether oxygens (including phenoxy) is 1. The van der Waals surface area contributed by atoms with Crippen LogP contribution in [0.5, 0.6) is 11.5 Å². The van der Waals surface area contributed by atoms with Crippen molar-refractivity contribution in [2.45, 2.75) is 6.04 Å². The van der Waals surface area contributed by atoms with Crippen molar-refractivity contribution < 1.29 is 14.6 Å². The van der Waals surface area contributed by atoms with Gasteiger partial charge in [-0.25, -0.2) is 0 Å². The first-order valence-corrected chi connectivity index (χ1v) is 10.1. The van der Waals surface area contributed by atoms with Gasteiger partial charge in [0, 0.05) is 24.4 Å². The Morgan fingerprint density at radius 1 is 0.935 bits per heavy atom. The fourth-order valence-electron chi connectivity index (χ4n) is 4.13. The van der Waals surface area contributed by atoms with Crippen molar-refractivity contribution in [2.24, 2.45) is 0 Å². The van der Waals surface area contributed by atoms with Crippen molar-refractivity contribution in [1.29, 1.82) is 0 Å². The molecule has 0 aliphatic carbocycles. The topological polar surface area (TPSA) is 75.0 Å². The van der Waals surface area contributed by atoms with E-state index in [1.807, 2.05) is 71.8 Å². The zero-order valence-corrected chi connectivity index (χ0v) is 16.7. The Kier molecular flexibility index (Phi) is 4.71. The van der Waals surface area contributed by atoms with E-state index in [0.29, 0.717) is 13.2 Å². The third kappa shape index (κ3) is 3.24. The van der Waals surface area contributed by atoms with Gasteiger partial charge in [-0.1, -0.05) is 54.6 Å². The predicted molar refractivity (Wildman–Crippen MR) is 116 cm³/mol.